The number of hydrogen-bond acceptors (Lipinski definition) is 7. The first-order chi connectivity index (χ1) is 13.6. The third-order valence-corrected chi connectivity index (χ3v) is 6.59. The van der Waals surface area contributed by atoms with Gasteiger partial charge in [0.2, 0.25) is 0 Å². The Morgan fingerprint density at radius 3 is 2.62 bits per heavy atom. The molecule has 2 aromatic heterocycles. The predicted octanol–water partition coefficient (Wildman–Crippen LogP) is 1.60. The maximum atomic E-state index is 12.7. The molecule has 0 saturated carbocycles. The largest absolute Gasteiger partial charge is 0.452 e. The van der Waals surface area contributed by atoms with E-state index in [1.807, 2.05) is 27.7 Å². The minimum absolute atomic E-state index is 0.0601. The number of aromatic nitrogens is 3. The van der Waals surface area contributed by atoms with Gasteiger partial charge in [-0.25, -0.2) is 22.9 Å². The van der Waals surface area contributed by atoms with Gasteiger partial charge in [-0.05, 0) is 32.3 Å². The lowest BCUT2D eigenvalue weighted by Crippen LogP contribution is -2.38. The molecule has 0 bridgehead atoms. The lowest BCUT2D eigenvalue weighted by atomic mass is 10.1. The van der Waals surface area contributed by atoms with Gasteiger partial charge in [0.1, 0.15) is 0 Å². The molecule has 1 aliphatic rings. The second-order valence-electron chi connectivity index (χ2n) is 7.91. The van der Waals surface area contributed by atoms with Crippen molar-refractivity contribution in [3.63, 3.8) is 0 Å². The quantitative estimate of drug-likeness (QED) is 0.702. The summed E-state index contributed by atoms with van der Waals surface area (Å²) >= 11 is 0. The Hall–Kier alpha value is -2.49. The number of amides is 1. The van der Waals surface area contributed by atoms with E-state index in [-0.39, 0.29) is 23.5 Å². The van der Waals surface area contributed by atoms with Crippen LogP contribution in [0.5, 0.6) is 0 Å². The molecule has 0 aliphatic carbocycles. The Bertz CT molecular complexity index is 1040. The summed E-state index contributed by atoms with van der Waals surface area (Å²) in [6, 6.07) is 1.30. The number of carbonyl (C=O) groups excluding carboxylic acids is 2. The number of carbonyl (C=O) groups is 2. The minimum atomic E-state index is -3.10. The molecule has 1 fully saturated rings. The Morgan fingerprint density at radius 1 is 1.31 bits per heavy atom. The first-order valence-electron chi connectivity index (χ1n) is 9.62. The monoisotopic (exact) mass is 422 g/mol. The van der Waals surface area contributed by atoms with Crippen LogP contribution in [0.15, 0.2) is 12.3 Å². The molecule has 10 heteroatoms. The van der Waals surface area contributed by atoms with Gasteiger partial charge in [-0.2, -0.15) is 5.10 Å². The van der Waals surface area contributed by atoms with Gasteiger partial charge in [0.15, 0.2) is 22.1 Å². The van der Waals surface area contributed by atoms with Gasteiger partial charge in [0, 0.05) is 17.8 Å². The van der Waals surface area contributed by atoms with E-state index in [0.29, 0.717) is 23.0 Å². The molecular formula is C19H26N4O5S. The van der Waals surface area contributed by atoms with Crippen LogP contribution in [0.3, 0.4) is 0 Å². The lowest BCUT2D eigenvalue weighted by Gasteiger charge is -2.13. The highest BCUT2D eigenvalue weighted by Crippen LogP contribution is 2.25. The minimum Gasteiger partial charge on any atom is -0.452 e. The van der Waals surface area contributed by atoms with E-state index in [9.17, 15) is 18.0 Å². The highest BCUT2D eigenvalue weighted by molar-refractivity contribution is 7.91. The molecule has 0 unspecified atom stereocenters. The molecule has 29 heavy (non-hydrogen) atoms. The zero-order valence-corrected chi connectivity index (χ0v) is 17.8. The Morgan fingerprint density at radius 2 is 2.03 bits per heavy atom. The average Bonchev–Trinajstić information content (AvgIpc) is 3.21. The second-order valence-corrected chi connectivity index (χ2v) is 10.1. The molecule has 9 nitrogen and oxygen atoms in total. The maximum absolute atomic E-state index is 12.7. The summed E-state index contributed by atoms with van der Waals surface area (Å²) in [5.74, 6) is -1.09. The summed E-state index contributed by atoms with van der Waals surface area (Å²) in [5, 5.41) is 7.49. The van der Waals surface area contributed by atoms with Crippen LogP contribution < -0.4 is 5.32 Å². The van der Waals surface area contributed by atoms with Crippen molar-refractivity contribution in [1.82, 2.24) is 20.1 Å². The van der Waals surface area contributed by atoms with E-state index in [2.05, 4.69) is 15.4 Å². The molecule has 2 aromatic rings. The van der Waals surface area contributed by atoms with E-state index in [0.717, 1.165) is 5.69 Å². The number of pyridine rings is 1. The van der Waals surface area contributed by atoms with E-state index in [1.165, 1.54) is 0 Å². The fraction of sp³-hybridized carbons (Fsp3) is 0.579. The number of hydrogen-bond donors (Lipinski definition) is 1. The van der Waals surface area contributed by atoms with Gasteiger partial charge >= 0.3 is 5.97 Å². The number of ether oxygens (including phenoxy) is 1. The van der Waals surface area contributed by atoms with Crippen molar-refractivity contribution in [2.45, 2.75) is 52.1 Å². The molecule has 3 heterocycles. The molecule has 3 rings (SSSR count). The normalized spacial score (nSPS) is 18.5. The molecule has 0 spiro atoms. The van der Waals surface area contributed by atoms with Crippen molar-refractivity contribution < 1.29 is 22.7 Å². The van der Waals surface area contributed by atoms with Gasteiger partial charge in [-0.15, -0.1) is 0 Å². The molecule has 0 aromatic carbocycles. The zero-order chi connectivity index (χ0) is 21.3. The van der Waals surface area contributed by atoms with Crippen LogP contribution >= 0.6 is 0 Å². The van der Waals surface area contributed by atoms with Crippen LogP contribution in [0.4, 0.5) is 0 Å². The standard InChI is InChI=1S/C19H26N4O5S/c1-11(2)16-7-14(15-8-20-23(12(3)4)18(15)22-16)19(25)28-9-17(24)21-13-5-6-29(26,27)10-13/h7-8,11-13H,5-6,9-10H2,1-4H3,(H,21,24)/t13-/m0/s1. The SMILES string of the molecule is CC(C)c1cc(C(=O)OCC(=O)N[C@H]2CCS(=O)(=O)C2)c2cnn(C(C)C)c2n1. The molecule has 1 atom stereocenters. The highest BCUT2D eigenvalue weighted by atomic mass is 32.2. The van der Waals surface area contributed by atoms with E-state index < -0.39 is 34.4 Å². The predicted molar refractivity (Wildman–Crippen MR) is 107 cm³/mol. The number of fused-ring (bicyclic) bond motifs is 1. The summed E-state index contributed by atoms with van der Waals surface area (Å²) in [6.45, 7) is 7.42. The number of rotatable bonds is 6. The fourth-order valence-electron chi connectivity index (χ4n) is 3.27. The van der Waals surface area contributed by atoms with Crippen molar-refractivity contribution in [2.24, 2.45) is 0 Å². The Kier molecular flexibility index (Phi) is 5.92. The van der Waals surface area contributed by atoms with Gasteiger partial charge in [0.05, 0.1) is 28.7 Å². The van der Waals surface area contributed by atoms with Crippen LogP contribution in [0.25, 0.3) is 11.0 Å². The molecule has 0 radical (unpaired) electrons. The molecule has 1 N–H and O–H groups in total. The van der Waals surface area contributed by atoms with Gasteiger partial charge in [0.25, 0.3) is 5.91 Å². The first kappa shape index (κ1) is 21.2. The summed E-state index contributed by atoms with van der Waals surface area (Å²) in [6.07, 6.45) is 1.95. The molecule has 1 amide bonds. The molecular weight excluding hydrogens is 396 g/mol. The van der Waals surface area contributed by atoms with Gasteiger partial charge in [-0.1, -0.05) is 13.8 Å². The third-order valence-electron chi connectivity index (χ3n) is 4.82. The topological polar surface area (TPSA) is 120 Å². The van der Waals surface area contributed by atoms with Gasteiger partial charge in [-0.3, -0.25) is 4.79 Å². The fourth-order valence-corrected chi connectivity index (χ4v) is 4.94. The number of sulfone groups is 1. The van der Waals surface area contributed by atoms with Crippen molar-refractivity contribution in [1.29, 1.82) is 0 Å². The zero-order valence-electron chi connectivity index (χ0n) is 17.0. The molecule has 158 valence electrons. The van der Waals surface area contributed by atoms with E-state index >= 15 is 0 Å². The van der Waals surface area contributed by atoms with Crippen molar-refractivity contribution in [2.75, 3.05) is 18.1 Å². The van der Waals surface area contributed by atoms with Crippen molar-refractivity contribution in [3.8, 4) is 0 Å². The van der Waals surface area contributed by atoms with E-state index in [1.54, 1.807) is 16.9 Å². The Labute approximate surface area is 169 Å². The number of esters is 1. The number of nitrogens with one attached hydrogen (secondary N) is 1. The lowest BCUT2D eigenvalue weighted by molar-refractivity contribution is -0.124. The highest BCUT2D eigenvalue weighted by Gasteiger charge is 2.29. The molecule has 1 aliphatic heterocycles. The molecule has 1 saturated heterocycles. The summed E-state index contributed by atoms with van der Waals surface area (Å²) in [4.78, 5) is 29.4. The van der Waals surface area contributed by atoms with Crippen LogP contribution in [-0.2, 0) is 19.4 Å². The van der Waals surface area contributed by atoms with Gasteiger partial charge < -0.3 is 10.1 Å². The maximum Gasteiger partial charge on any atom is 0.339 e. The first-order valence-corrected chi connectivity index (χ1v) is 11.4. The van der Waals surface area contributed by atoms with Crippen LogP contribution in [0.2, 0.25) is 0 Å². The Balaban J connectivity index is 1.75. The van der Waals surface area contributed by atoms with Crippen molar-refractivity contribution in [3.05, 3.63) is 23.5 Å². The number of nitrogens with zero attached hydrogens (tertiary/aromatic N) is 3. The summed E-state index contributed by atoms with van der Waals surface area (Å²) < 4.78 is 29.9. The van der Waals surface area contributed by atoms with Crippen LogP contribution in [0, 0.1) is 0 Å². The smallest absolute Gasteiger partial charge is 0.339 e. The summed E-state index contributed by atoms with van der Waals surface area (Å²) in [7, 11) is -3.10. The average molecular weight is 423 g/mol. The van der Waals surface area contributed by atoms with Crippen LogP contribution in [0.1, 0.15) is 62.1 Å². The van der Waals surface area contributed by atoms with Crippen molar-refractivity contribution >= 4 is 32.7 Å². The summed E-state index contributed by atoms with van der Waals surface area (Å²) in [5.41, 5.74) is 1.63. The van der Waals surface area contributed by atoms with Crippen LogP contribution in [-0.4, -0.2) is 59.2 Å². The van der Waals surface area contributed by atoms with E-state index in [4.69, 9.17) is 4.74 Å². The second kappa shape index (κ2) is 8.10. The third kappa shape index (κ3) is 4.75.